The lowest BCUT2D eigenvalue weighted by Crippen LogP contribution is -2.26. The van der Waals surface area contributed by atoms with Crippen LogP contribution in [0.15, 0.2) is 35.1 Å². The second kappa shape index (κ2) is 7.99. The molecule has 10 heteroatoms. The number of benzene rings is 2. The van der Waals surface area contributed by atoms with Crippen LogP contribution in [0.5, 0.6) is 0 Å². The van der Waals surface area contributed by atoms with Crippen molar-refractivity contribution >= 4 is 44.2 Å². The van der Waals surface area contributed by atoms with E-state index in [4.69, 9.17) is 5.48 Å². The predicted octanol–water partition coefficient (Wildman–Crippen LogP) is 3.01. The van der Waals surface area contributed by atoms with E-state index in [2.05, 4.69) is 31.1 Å². The Morgan fingerprint density at radius 1 is 1.44 bits per heavy atom. The zero-order valence-corrected chi connectivity index (χ0v) is 15.3. The Labute approximate surface area is 166 Å². The maximum Gasteiger partial charge on any atom is 0.277 e. The highest BCUT2D eigenvalue weighted by Crippen LogP contribution is 2.32. The quantitative estimate of drug-likeness (QED) is 0.508. The summed E-state index contributed by atoms with van der Waals surface area (Å²) in [5.41, 5.74) is 0.697. The van der Waals surface area contributed by atoms with Crippen molar-refractivity contribution in [1.82, 2.24) is 15.0 Å². The first-order chi connectivity index (χ1) is 14.3. The summed E-state index contributed by atoms with van der Waals surface area (Å²) in [7, 11) is 1.55. The van der Waals surface area contributed by atoms with E-state index in [1.54, 1.807) is 12.5 Å². The van der Waals surface area contributed by atoms with Gasteiger partial charge in [0.1, 0.15) is 11.3 Å². The Morgan fingerprint density at radius 3 is 2.93 bits per heavy atom. The largest absolute Gasteiger partial charge is 0.394 e. The number of aliphatic hydroxyl groups is 1. The number of aromatic nitrogens is 2. The first-order valence-electron chi connectivity index (χ1n) is 9.38. The van der Waals surface area contributed by atoms with Crippen molar-refractivity contribution in [2.75, 3.05) is 18.4 Å². The molecule has 0 saturated heterocycles. The van der Waals surface area contributed by atoms with Crippen molar-refractivity contribution in [1.29, 1.82) is 0 Å². The number of aryl methyl sites for hydroxylation is 1. The molecule has 142 valence electrons. The zero-order chi connectivity index (χ0) is 23.1. The van der Waals surface area contributed by atoms with Gasteiger partial charge in [-0.05, 0) is 24.3 Å². The molecule has 27 heavy (non-hydrogen) atoms. The summed E-state index contributed by atoms with van der Waals surface area (Å²) < 4.78 is 60.0. The lowest BCUT2D eigenvalue weighted by molar-refractivity contribution is 0.0169. The van der Waals surface area contributed by atoms with Crippen LogP contribution in [-0.4, -0.2) is 33.7 Å². The average molecular weight is 445 g/mol. The smallest absolute Gasteiger partial charge is 0.277 e. The number of amides is 1. The van der Waals surface area contributed by atoms with Crippen molar-refractivity contribution in [3.05, 3.63) is 52.3 Å². The molecule has 0 aliphatic heterocycles. The zero-order valence-electron chi connectivity index (χ0n) is 17.7. The molecule has 1 aromatic heterocycles. The van der Waals surface area contributed by atoms with Crippen molar-refractivity contribution in [2.45, 2.75) is 0 Å². The Morgan fingerprint density at radius 2 is 2.22 bits per heavy atom. The molecular formula is C17H15BrF2N4O3. The number of nitrogens with one attached hydrogen (secondary N) is 2. The van der Waals surface area contributed by atoms with Crippen LogP contribution in [0.4, 0.5) is 20.2 Å². The van der Waals surface area contributed by atoms with E-state index in [9.17, 15) is 14.3 Å². The monoisotopic (exact) mass is 444 g/mol. The molecule has 0 aliphatic carbocycles. The summed E-state index contributed by atoms with van der Waals surface area (Å²) in [6.07, 6.45) is 1.30. The molecule has 0 aliphatic rings. The fourth-order valence-electron chi connectivity index (χ4n) is 2.40. The van der Waals surface area contributed by atoms with Gasteiger partial charge in [0.05, 0.1) is 47.4 Å². The molecule has 3 aromatic rings. The molecular weight excluding hydrogens is 426 g/mol. The van der Waals surface area contributed by atoms with Crippen molar-refractivity contribution < 1.29 is 29.0 Å². The average Bonchev–Trinajstić information content (AvgIpc) is 3.04. The summed E-state index contributed by atoms with van der Waals surface area (Å²) in [5.74, 6) is -2.91. The second-order valence-electron chi connectivity index (χ2n) is 5.33. The van der Waals surface area contributed by atoms with Gasteiger partial charge in [-0.15, -0.1) is 0 Å². The number of hydrogen-bond donors (Lipinski definition) is 3. The Kier molecular flexibility index (Phi) is 4.29. The van der Waals surface area contributed by atoms with Crippen LogP contribution in [-0.2, 0) is 11.9 Å². The maximum absolute atomic E-state index is 15.2. The van der Waals surface area contributed by atoms with Gasteiger partial charge >= 0.3 is 0 Å². The normalized spacial score (nSPS) is 14.3. The van der Waals surface area contributed by atoms with Gasteiger partial charge in [0.25, 0.3) is 5.91 Å². The fourth-order valence-corrected chi connectivity index (χ4v) is 2.73. The highest BCUT2D eigenvalue weighted by Gasteiger charge is 2.22. The van der Waals surface area contributed by atoms with E-state index in [0.29, 0.717) is 4.47 Å². The number of halogens is 3. The summed E-state index contributed by atoms with van der Waals surface area (Å²) in [5, 5.41) is 11.7. The summed E-state index contributed by atoms with van der Waals surface area (Å²) in [6, 6.07) is 5.13. The van der Waals surface area contributed by atoms with Crippen LogP contribution in [0.3, 0.4) is 0 Å². The number of carbonyl (C=O) groups excluding carboxylic acids is 1. The lowest BCUT2D eigenvalue weighted by atomic mass is 10.1. The molecule has 0 spiro atoms. The van der Waals surface area contributed by atoms with Crippen LogP contribution in [0, 0.1) is 11.6 Å². The Balaban J connectivity index is 2.05. The standard InChI is InChI=1S/C17H15BrF2N4O3/c1-24-8-21-16-13(24)7-10(17(26)23-27-5-4-25)15(14(16)20)22-12-3-2-9(18)6-11(12)19/h2-3,6-8,22,25H,4-5H2,1H3,(H,23,26)/i4D2,5D2. The Hall–Kier alpha value is -2.56. The maximum atomic E-state index is 15.2. The number of imidazole rings is 1. The molecule has 0 fully saturated rings. The van der Waals surface area contributed by atoms with Crippen LogP contribution in [0.1, 0.15) is 15.8 Å². The van der Waals surface area contributed by atoms with E-state index >= 15 is 4.39 Å². The molecule has 2 aromatic carbocycles. The van der Waals surface area contributed by atoms with Gasteiger partial charge in [-0.25, -0.2) is 19.2 Å². The SMILES string of the molecule is [2H]C([2H])(O)C([2H])([2H])ONC(=O)c1cc2c(ncn2C)c(F)c1Nc1ccc(Br)cc1F. The molecule has 0 unspecified atom stereocenters. The van der Waals surface area contributed by atoms with Gasteiger partial charge in [0.15, 0.2) is 5.82 Å². The molecule has 0 radical (unpaired) electrons. The van der Waals surface area contributed by atoms with E-state index in [1.165, 1.54) is 29.1 Å². The van der Waals surface area contributed by atoms with Crippen molar-refractivity contribution in [3.63, 3.8) is 0 Å². The fraction of sp³-hybridized carbons (Fsp3) is 0.176. The van der Waals surface area contributed by atoms with Crippen LogP contribution < -0.4 is 10.8 Å². The number of rotatable bonds is 6. The summed E-state index contributed by atoms with van der Waals surface area (Å²) in [4.78, 5) is 20.9. The second-order valence-corrected chi connectivity index (χ2v) is 6.25. The van der Waals surface area contributed by atoms with Crippen molar-refractivity contribution in [2.24, 2.45) is 7.05 Å². The van der Waals surface area contributed by atoms with E-state index in [-0.39, 0.29) is 16.7 Å². The Bertz CT molecular complexity index is 1170. The molecule has 0 bridgehead atoms. The minimum Gasteiger partial charge on any atom is -0.394 e. The first kappa shape index (κ1) is 14.5. The first-order valence-corrected chi connectivity index (χ1v) is 8.17. The van der Waals surface area contributed by atoms with E-state index < -0.39 is 41.9 Å². The minimum absolute atomic E-state index is 0.109. The molecule has 3 rings (SSSR count). The highest BCUT2D eigenvalue weighted by molar-refractivity contribution is 9.10. The highest BCUT2D eigenvalue weighted by atomic mass is 79.9. The number of hydroxylamine groups is 1. The van der Waals surface area contributed by atoms with Crippen molar-refractivity contribution in [3.8, 4) is 0 Å². The number of anilines is 2. The van der Waals surface area contributed by atoms with Gasteiger partial charge in [-0.1, -0.05) is 15.9 Å². The molecule has 7 nitrogen and oxygen atoms in total. The van der Waals surface area contributed by atoms with Gasteiger partial charge in [0.2, 0.25) is 0 Å². The third-order valence-corrected chi connectivity index (χ3v) is 4.13. The van der Waals surface area contributed by atoms with Gasteiger partial charge in [-0.3, -0.25) is 9.63 Å². The molecule has 0 atom stereocenters. The molecule has 3 N–H and O–H groups in total. The summed E-state index contributed by atoms with van der Waals surface area (Å²) in [6.45, 7) is -6.76. The third kappa shape index (κ3) is 3.92. The van der Waals surface area contributed by atoms with Gasteiger partial charge < -0.3 is 15.0 Å². The third-order valence-electron chi connectivity index (χ3n) is 3.64. The number of hydrogen-bond acceptors (Lipinski definition) is 5. The van der Waals surface area contributed by atoms with Gasteiger partial charge in [-0.2, -0.15) is 0 Å². The summed E-state index contributed by atoms with van der Waals surface area (Å²) >= 11 is 3.10. The van der Waals surface area contributed by atoms with Crippen LogP contribution in [0.2, 0.25) is 0 Å². The molecule has 1 heterocycles. The van der Waals surface area contributed by atoms with Crippen LogP contribution in [0.25, 0.3) is 11.0 Å². The number of nitrogens with zero attached hydrogens (tertiary/aromatic N) is 2. The number of fused-ring (bicyclic) bond motifs is 1. The van der Waals surface area contributed by atoms with E-state index in [0.717, 1.165) is 6.07 Å². The van der Waals surface area contributed by atoms with E-state index in [1.807, 2.05) is 0 Å². The minimum atomic E-state index is -3.45. The van der Waals surface area contributed by atoms with Gasteiger partial charge in [0, 0.05) is 11.5 Å². The predicted molar refractivity (Wildman–Crippen MR) is 98.6 cm³/mol. The lowest BCUT2D eigenvalue weighted by Gasteiger charge is -2.15. The number of carbonyl (C=O) groups is 1. The topological polar surface area (TPSA) is 88.4 Å². The van der Waals surface area contributed by atoms with Crippen LogP contribution >= 0.6 is 15.9 Å². The molecule has 0 saturated carbocycles. The molecule has 1 amide bonds.